The Kier molecular flexibility index (Phi) is 4.19. The third kappa shape index (κ3) is 2.89. The van der Waals surface area contributed by atoms with Crippen molar-refractivity contribution in [3.8, 4) is 0 Å². The second-order valence-corrected chi connectivity index (χ2v) is 3.37. The molecule has 1 unspecified atom stereocenters. The Morgan fingerprint density at radius 2 is 1.75 bits per heavy atom. The molecule has 1 N–H and O–H groups in total. The molecule has 1 aliphatic rings. The third-order valence-corrected chi connectivity index (χ3v) is 2.04. The quantitative estimate of drug-likeness (QED) is 0.667. The van der Waals surface area contributed by atoms with Crippen molar-refractivity contribution >= 4 is 11.9 Å². The molecule has 0 bridgehead atoms. The molecule has 0 aliphatic carbocycles. The Morgan fingerprint density at radius 3 is 2.19 bits per heavy atom. The fourth-order valence-electron chi connectivity index (χ4n) is 1.48. The minimum absolute atomic E-state index is 0.668. The third-order valence-electron chi connectivity index (χ3n) is 2.04. The van der Waals surface area contributed by atoms with E-state index in [1.165, 1.54) is 0 Å². The summed E-state index contributed by atoms with van der Waals surface area (Å²) in [6.45, 7) is 1.30. The van der Waals surface area contributed by atoms with Gasteiger partial charge in [-0.2, -0.15) is 0 Å². The van der Waals surface area contributed by atoms with Crippen molar-refractivity contribution < 1.29 is 33.3 Å². The molecule has 1 saturated heterocycles. The van der Waals surface area contributed by atoms with Crippen LogP contribution in [0.2, 0.25) is 0 Å². The van der Waals surface area contributed by atoms with E-state index in [1.54, 1.807) is 0 Å². The summed E-state index contributed by atoms with van der Waals surface area (Å²) in [4.78, 5) is 21.5. The maximum absolute atomic E-state index is 12.5. The van der Waals surface area contributed by atoms with Gasteiger partial charge in [0.15, 0.2) is 18.5 Å². The molecule has 6 nitrogen and oxygen atoms in total. The largest absolute Gasteiger partial charge is 0.455 e. The molecule has 92 valence electrons. The standard InChI is InChI=1S/C9H13FO6/c1-4(11)14-7-6(3-10)16-9(13)8(7)15-5(2)12/h6-9,13H,3H2,1-2H3/t6-,7-,8-,9?/m1/s1. The van der Waals surface area contributed by atoms with Crippen LogP contribution in [0.3, 0.4) is 0 Å². The minimum atomic E-state index is -1.49. The number of rotatable bonds is 3. The van der Waals surface area contributed by atoms with Crippen LogP contribution in [-0.4, -0.2) is 48.3 Å². The normalized spacial score (nSPS) is 33.5. The maximum atomic E-state index is 12.5. The van der Waals surface area contributed by atoms with Gasteiger partial charge in [0.1, 0.15) is 12.8 Å². The summed E-state index contributed by atoms with van der Waals surface area (Å²) in [5, 5.41) is 9.37. The molecule has 1 heterocycles. The lowest BCUT2D eigenvalue weighted by atomic mass is 10.1. The van der Waals surface area contributed by atoms with Crippen LogP contribution >= 0.6 is 0 Å². The van der Waals surface area contributed by atoms with Crippen molar-refractivity contribution in [2.75, 3.05) is 6.67 Å². The first-order valence-electron chi connectivity index (χ1n) is 4.69. The molecule has 1 aliphatic heterocycles. The van der Waals surface area contributed by atoms with Crippen LogP contribution in [0.5, 0.6) is 0 Å². The zero-order valence-electron chi connectivity index (χ0n) is 8.88. The van der Waals surface area contributed by atoms with Crippen LogP contribution < -0.4 is 0 Å². The van der Waals surface area contributed by atoms with E-state index in [2.05, 4.69) is 0 Å². The molecule has 0 saturated carbocycles. The van der Waals surface area contributed by atoms with Gasteiger partial charge in [0.25, 0.3) is 0 Å². The fraction of sp³-hybridized carbons (Fsp3) is 0.778. The number of aliphatic hydroxyl groups excluding tert-OH is 1. The Balaban J connectivity index is 2.76. The van der Waals surface area contributed by atoms with Crippen molar-refractivity contribution in [2.24, 2.45) is 0 Å². The number of alkyl halides is 1. The molecule has 0 radical (unpaired) electrons. The van der Waals surface area contributed by atoms with Crippen LogP contribution in [0.15, 0.2) is 0 Å². The van der Waals surface area contributed by atoms with Gasteiger partial charge >= 0.3 is 11.9 Å². The van der Waals surface area contributed by atoms with Crippen molar-refractivity contribution in [3.05, 3.63) is 0 Å². The van der Waals surface area contributed by atoms with E-state index >= 15 is 0 Å². The van der Waals surface area contributed by atoms with Gasteiger partial charge in [0.05, 0.1) is 0 Å². The first-order valence-corrected chi connectivity index (χ1v) is 4.69. The van der Waals surface area contributed by atoms with E-state index in [9.17, 15) is 19.1 Å². The summed E-state index contributed by atoms with van der Waals surface area (Å²) in [7, 11) is 0. The Bertz CT molecular complexity index is 281. The van der Waals surface area contributed by atoms with E-state index in [1.807, 2.05) is 0 Å². The summed E-state index contributed by atoms with van der Waals surface area (Å²) >= 11 is 0. The summed E-state index contributed by atoms with van der Waals surface area (Å²) in [5.41, 5.74) is 0. The summed E-state index contributed by atoms with van der Waals surface area (Å²) in [6, 6.07) is 0. The number of carbonyl (C=O) groups is 2. The van der Waals surface area contributed by atoms with Gasteiger partial charge in [-0.1, -0.05) is 0 Å². The maximum Gasteiger partial charge on any atom is 0.303 e. The number of ether oxygens (including phenoxy) is 3. The van der Waals surface area contributed by atoms with E-state index < -0.39 is 43.2 Å². The second kappa shape index (κ2) is 5.22. The van der Waals surface area contributed by atoms with Gasteiger partial charge in [0.2, 0.25) is 0 Å². The number of hydrogen-bond donors (Lipinski definition) is 1. The smallest absolute Gasteiger partial charge is 0.303 e. The van der Waals surface area contributed by atoms with Crippen LogP contribution in [-0.2, 0) is 23.8 Å². The molecule has 4 atom stereocenters. The monoisotopic (exact) mass is 236 g/mol. The Morgan fingerprint density at radius 1 is 1.25 bits per heavy atom. The van der Waals surface area contributed by atoms with E-state index in [-0.39, 0.29) is 0 Å². The topological polar surface area (TPSA) is 82.1 Å². The number of aliphatic hydroxyl groups is 1. The van der Waals surface area contributed by atoms with Crippen molar-refractivity contribution in [2.45, 2.75) is 38.4 Å². The van der Waals surface area contributed by atoms with Gasteiger partial charge in [-0.05, 0) is 0 Å². The highest BCUT2D eigenvalue weighted by Gasteiger charge is 2.48. The molecular formula is C9H13FO6. The lowest BCUT2D eigenvalue weighted by Gasteiger charge is -2.20. The minimum Gasteiger partial charge on any atom is -0.455 e. The van der Waals surface area contributed by atoms with E-state index in [4.69, 9.17) is 14.2 Å². The SMILES string of the molecule is CC(=O)O[C@@H]1[C@@H](CF)OC(O)[C@@H]1OC(C)=O. The van der Waals surface area contributed by atoms with Crippen LogP contribution in [0.4, 0.5) is 4.39 Å². The van der Waals surface area contributed by atoms with Gasteiger partial charge < -0.3 is 19.3 Å². The van der Waals surface area contributed by atoms with Crippen molar-refractivity contribution in [1.29, 1.82) is 0 Å². The molecular weight excluding hydrogens is 223 g/mol. The highest BCUT2D eigenvalue weighted by Crippen LogP contribution is 2.25. The molecule has 0 aromatic carbocycles. The lowest BCUT2D eigenvalue weighted by Crippen LogP contribution is -2.40. The zero-order valence-corrected chi connectivity index (χ0v) is 8.88. The average molecular weight is 236 g/mol. The van der Waals surface area contributed by atoms with Gasteiger partial charge in [-0.3, -0.25) is 9.59 Å². The predicted molar refractivity (Wildman–Crippen MR) is 48.0 cm³/mol. The molecule has 0 spiro atoms. The van der Waals surface area contributed by atoms with Gasteiger partial charge in [-0.25, -0.2) is 4.39 Å². The Labute approximate surface area is 91.3 Å². The summed E-state index contributed by atoms with van der Waals surface area (Å²) in [5.74, 6) is -1.34. The van der Waals surface area contributed by atoms with E-state index in [0.717, 1.165) is 13.8 Å². The van der Waals surface area contributed by atoms with E-state index in [0.29, 0.717) is 0 Å². The number of carbonyl (C=O) groups excluding carboxylic acids is 2. The molecule has 16 heavy (non-hydrogen) atoms. The average Bonchev–Trinajstić information content (AvgIpc) is 2.44. The van der Waals surface area contributed by atoms with Crippen LogP contribution in [0.1, 0.15) is 13.8 Å². The molecule has 1 fully saturated rings. The summed E-state index contributed by atoms with van der Waals surface area (Å²) in [6.07, 6.45) is -4.93. The lowest BCUT2D eigenvalue weighted by molar-refractivity contribution is -0.174. The summed E-state index contributed by atoms with van der Waals surface area (Å²) < 4.78 is 26.7. The molecule has 7 heteroatoms. The van der Waals surface area contributed by atoms with Gasteiger partial charge in [-0.15, -0.1) is 0 Å². The number of hydrogen-bond acceptors (Lipinski definition) is 6. The van der Waals surface area contributed by atoms with Crippen LogP contribution in [0.25, 0.3) is 0 Å². The predicted octanol–water partition coefficient (Wildman–Crippen LogP) is -0.464. The second-order valence-electron chi connectivity index (χ2n) is 3.37. The molecule has 0 aromatic rings. The van der Waals surface area contributed by atoms with Crippen molar-refractivity contribution in [1.82, 2.24) is 0 Å². The highest BCUT2D eigenvalue weighted by atomic mass is 19.1. The zero-order chi connectivity index (χ0) is 12.3. The highest BCUT2D eigenvalue weighted by molar-refractivity contribution is 5.67. The first-order chi connectivity index (χ1) is 7.45. The fourth-order valence-corrected chi connectivity index (χ4v) is 1.48. The number of halogens is 1. The molecule has 0 amide bonds. The van der Waals surface area contributed by atoms with Crippen molar-refractivity contribution in [3.63, 3.8) is 0 Å². The first kappa shape index (κ1) is 12.9. The van der Waals surface area contributed by atoms with Gasteiger partial charge in [0, 0.05) is 13.8 Å². The molecule has 0 aromatic heterocycles. The Hall–Kier alpha value is -1.21. The van der Waals surface area contributed by atoms with Crippen LogP contribution in [0, 0.1) is 0 Å². The molecule has 1 rings (SSSR count). The number of esters is 2.